The lowest BCUT2D eigenvalue weighted by Crippen LogP contribution is -2.56. The standard InChI is InChI=1S/C31H41BrN2O6/c1-3-5-13-19-39-30(38)24-25-28(36)34(17-11-6-7-12-18-35)27(31(25)20-23(32)26(24)40-31)29(37)33(16-4-2)21-22-14-9-8-10-15-22/h3-4,8-10,14-15,23-27,35H,1-2,5-7,11-13,16-21H2/t23?,24-,25-,26-,27?,31?/m0/s1. The van der Waals surface area contributed by atoms with E-state index in [1.165, 1.54) is 0 Å². The number of benzene rings is 1. The van der Waals surface area contributed by atoms with Crippen LogP contribution in [0.25, 0.3) is 0 Å². The van der Waals surface area contributed by atoms with E-state index >= 15 is 0 Å². The molecule has 1 spiro atoms. The number of likely N-dealkylation sites (tertiary alicyclic amines) is 1. The molecular weight excluding hydrogens is 576 g/mol. The minimum absolute atomic E-state index is 0.128. The van der Waals surface area contributed by atoms with Crippen LogP contribution in [0.4, 0.5) is 0 Å². The van der Waals surface area contributed by atoms with Gasteiger partial charge in [-0.1, -0.05) is 71.3 Å². The molecule has 0 aliphatic carbocycles. The van der Waals surface area contributed by atoms with Gasteiger partial charge in [-0.2, -0.15) is 0 Å². The highest BCUT2D eigenvalue weighted by molar-refractivity contribution is 9.09. The lowest BCUT2D eigenvalue weighted by Gasteiger charge is -2.37. The van der Waals surface area contributed by atoms with Crippen LogP contribution in [0, 0.1) is 11.8 Å². The molecule has 2 bridgehead atoms. The average molecular weight is 618 g/mol. The second kappa shape index (κ2) is 13.9. The molecular formula is C31H41BrN2O6. The maximum atomic E-state index is 14.4. The number of aliphatic hydroxyl groups is 1. The zero-order valence-corrected chi connectivity index (χ0v) is 24.7. The molecule has 3 aliphatic heterocycles. The molecule has 4 rings (SSSR count). The lowest BCUT2D eigenvalue weighted by atomic mass is 9.70. The van der Waals surface area contributed by atoms with Gasteiger partial charge in [0.1, 0.15) is 11.6 Å². The first-order valence-corrected chi connectivity index (χ1v) is 15.3. The Morgan fingerprint density at radius 1 is 1.15 bits per heavy atom. The third-order valence-electron chi connectivity index (χ3n) is 8.28. The van der Waals surface area contributed by atoms with Gasteiger partial charge in [0.2, 0.25) is 11.8 Å². The fraction of sp³-hybridized carbons (Fsp3) is 0.581. The number of allylic oxidation sites excluding steroid dienone is 1. The van der Waals surface area contributed by atoms with Gasteiger partial charge in [0.05, 0.1) is 24.5 Å². The third kappa shape index (κ3) is 6.06. The van der Waals surface area contributed by atoms with Crippen molar-refractivity contribution in [2.45, 2.75) is 74.1 Å². The summed E-state index contributed by atoms with van der Waals surface area (Å²) >= 11 is 3.71. The first kappa shape index (κ1) is 30.5. The van der Waals surface area contributed by atoms with Gasteiger partial charge < -0.3 is 24.4 Å². The molecule has 3 heterocycles. The molecule has 2 amide bonds. The van der Waals surface area contributed by atoms with Crippen LogP contribution in [-0.4, -0.2) is 81.6 Å². The summed E-state index contributed by atoms with van der Waals surface area (Å²) in [6.07, 6.45) is 7.82. The highest BCUT2D eigenvalue weighted by atomic mass is 79.9. The summed E-state index contributed by atoms with van der Waals surface area (Å²) < 4.78 is 12.2. The van der Waals surface area contributed by atoms with Gasteiger partial charge in [0, 0.05) is 31.1 Å². The molecule has 40 heavy (non-hydrogen) atoms. The van der Waals surface area contributed by atoms with E-state index in [0.717, 1.165) is 24.8 Å². The molecule has 6 atom stereocenters. The molecule has 3 fully saturated rings. The van der Waals surface area contributed by atoms with Crippen molar-refractivity contribution in [2.24, 2.45) is 11.8 Å². The Morgan fingerprint density at radius 2 is 1.90 bits per heavy atom. The zero-order valence-electron chi connectivity index (χ0n) is 23.1. The van der Waals surface area contributed by atoms with Crippen molar-refractivity contribution < 1.29 is 29.0 Å². The summed E-state index contributed by atoms with van der Waals surface area (Å²) in [6.45, 7) is 9.02. The number of amides is 2. The number of aliphatic hydroxyl groups excluding tert-OH is 1. The van der Waals surface area contributed by atoms with Crippen molar-refractivity contribution in [3.8, 4) is 0 Å². The fourth-order valence-corrected chi connectivity index (χ4v) is 7.47. The van der Waals surface area contributed by atoms with E-state index in [4.69, 9.17) is 14.6 Å². The molecule has 218 valence electrons. The van der Waals surface area contributed by atoms with Crippen LogP contribution in [0.15, 0.2) is 55.6 Å². The number of halogens is 1. The summed E-state index contributed by atoms with van der Waals surface area (Å²) in [4.78, 5) is 45.1. The number of carbonyl (C=O) groups is 3. The Labute approximate surface area is 245 Å². The lowest BCUT2D eigenvalue weighted by molar-refractivity contribution is -0.155. The first-order chi connectivity index (χ1) is 19.4. The molecule has 8 nitrogen and oxygen atoms in total. The second-order valence-electron chi connectivity index (χ2n) is 10.9. The second-order valence-corrected chi connectivity index (χ2v) is 12.1. The predicted molar refractivity (Wildman–Crippen MR) is 155 cm³/mol. The van der Waals surface area contributed by atoms with Gasteiger partial charge in [-0.05, 0) is 37.7 Å². The van der Waals surface area contributed by atoms with E-state index in [9.17, 15) is 14.4 Å². The first-order valence-electron chi connectivity index (χ1n) is 14.3. The molecule has 1 aromatic rings. The number of rotatable bonds is 16. The monoisotopic (exact) mass is 616 g/mol. The SMILES string of the molecule is C=CCCCOC(=O)[C@H]1[C@H]2C(=O)N(CCCCCCO)C(C(=O)N(CC=C)Cc3ccccc3)C23CC(Br)[C@@H]1O3. The molecule has 0 saturated carbocycles. The van der Waals surface area contributed by atoms with Crippen molar-refractivity contribution in [3.05, 3.63) is 61.2 Å². The normalized spacial score (nSPS) is 28.4. The summed E-state index contributed by atoms with van der Waals surface area (Å²) in [5, 5.41) is 9.15. The van der Waals surface area contributed by atoms with E-state index in [0.29, 0.717) is 45.3 Å². The number of hydrogen-bond donors (Lipinski definition) is 1. The van der Waals surface area contributed by atoms with Gasteiger partial charge in [-0.3, -0.25) is 14.4 Å². The maximum absolute atomic E-state index is 14.4. The Morgan fingerprint density at radius 3 is 2.60 bits per heavy atom. The Bertz CT molecular complexity index is 1070. The van der Waals surface area contributed by atoms with Crippen molar-refractivity contribution in [3.63, 3.8) is 0 Å². The fourth-order valence-electron chi connectivity index (χ4n) is 6.53. The van der Waals surface area contributed by atoms with Crippen LogP contribution < -0.4 is 0 Å². The van der Waals surface area contributed by atoms with E-state index < -0.39 is 35.6 Å². The highest BCUT2D eigenvalue weighted by Crippen LogP contribution is 2.60. The zero-order chi connectivity index (χ0) is 28.7. The van der Waals surface area contributed by atoms with Crippen LogP contribution in [0.3, 0.4) is 0 Å². The number of hydrogen-bond acceptors (Lipinski definition) is 6. The molecule has 1 N–H and O–H groups in total. The maximum Gasteiger partial charge on any atom is 0.312 e. The van der Waals surface area contributed by atoms with Crippen LogP contribution in [0.2, 0.25) is 0 Å². The number of alkyl halides is 1. The molecule has 0 aromatic heterocycles. The average Bonchev–Trinajstić information content (AvgIpc) is 3.54. The van der Waals surface area contributed by atoms with Gasteiger partial charge >= 0.3 is 5.97 Å². The minimum atomic E-state index is -1.11. The highest BCUT2D eigenvalue weighted by Gasteiger charge is 2.77. The van der Waals surface area contributed by atoms with Gasteiger partial charge in [0.25, 0.3) is 0 Å². The number of nitrogens with zero attached hydrogens (tertiary/aromatic N) is 2. The summed E-state index contributed by atoms with van der Waals surface area (Å²) in [7, 11) is 0. The van der Waals surface area contributed by atoms with Crippen LogP contribution in [0.1, 0.15) is 50.5 Å². The summed E-state index contributed by atoms with van der Waals surface area (Å²) in [5.74, 6) is -2.40. The Hall–Kier alpha value is -2.49. The number of unbranched alkanes of at least 4 members (excludes halogenated alkanes) is 4. The van der Waals surface area contributed by atoms with Crippen molar-refractivity contribution in [1.82, 2.24) is 9.80 Å². The number of esters is 1. The van der Waals surface area contributed by atoms with Crippen LogP contribution >= 0.6 is 15.9 Å². The van der Waals surface area contributed by atoms with Gasteiger partial charge in [-0.25, -0.2) is 0 Å². The van der Waals surface area contributed by atoms with Crippen molar-refractivity contribution >= 4 is 33.7 Å². The smallest absolute Gasteiger partial charge is 0.312 e. The molecule has 3 unspecified atom stereocenters. The van der Waals surface area contributed by atoms with E-state index in [1.807, 2.05) is 30.3 Å². The van der Waals surface area contributed by atoms with Crippen LogP contribution in [0.5, 0.6) is 0 Å². The largest absolute Gasteiger partial charge is 0.465 e. The Balaban J connectivity index is 1.64. The molecule has 1 aromatic carbocycles. The minimum Gasteiger partial charge on any atom is -0.465 e. The predicted octanol–water partition coefficient (Wildman–Crippen LogP) is 4.01. The van der Waals surface area contributed by atoms with E-state index in [2.05, 4.69) is 29.1 Å². The molecule has 3 saturated heterocycles. The summed E-state index contributed by atoms with van der Waals surface area (Å²) in [5.41, 5.74) is -0.137. The van der Waals surface area contributed by atoms with E-state index in [1.54, 1.807) is 22.0 Å². The molecule has 3 aliphatic rings. The van der Waals surface area contributed by atoms with E-state index in [-0.39, 0.29) is 29.9 Å². The molecule has 9 heteroatoms. The Kier molecular flexibility index (Phi) is 10.6. The molecule has 0 radical (unpaired) electrons. The van der Waals surface area contributed by atoms with Crippen molar-refractivity contribution in [1.29, 1.82) is 0 Å². The number of ether oxygens (including phenoxy) is 2. The number of fused-ring (bicyclic) bond motifs is 1. The summed E-state index contributed by atoms with van der Waals surface area (Å²) in [6, 6.07) is 8.87. The van der Waals surface area contributed by atoms with Gasteiger partial charge in [-0.15, -0.1) is 13.2 Å². The quantitative estimate of drug-likeness (QED) is 0.130. The van der Waals surface area contributed by atoms with Crippen LogP contribution in [-0.2, 0) is 30.4 Å². The number of carbonyl (C=O) groups excluding carboxylic acids is 3. The third-order valence-corrected chi connectivity index (χ3v) is 9.12. The van der Waals surface area contributed by atoms with Gasteiger partial charge in [0.15, 0.2) is 0 Å². The van der Waals surface area contributed by atoms with Crippen molar-refractivity contribution in [2.75, 3.05) is 26.3 Å². The topological polar surface area (TPSA) is 96.4 Å².